The first-order valence-electron chi connectivity index (χ1n) is 32.6. The van der Waals surface area contributed by atoms with Crippen molar-refractivity contribution >= 4 is 99.7 Å². The molecule has 0 radical (unpaired) electrons. The highest BCUT2D eigenvalue weighted by atomic mass is 35.5. The van der Waals surface area contributed by atoms with Crippen molar-refractivity contribution < 1.29 is 63.8 Å². The number of benzene rings is 5. The van der Waals surface area contributed by atoms with Gasteiger partial charge in [0, 0.05) is 89.3 Å². The van der Waals surface area contributed by atoms with Gasteiger partial charge in [0.15, 0.2) is 0 Å². The molecule has 538 valence electrons. The number of rotatable bonds is 22. The molecule has 3 aliphatic rings. The summed E-state index contributed by atoms with van der Waals surface area (Å²) in [5, 5.41) is 15.6. The smallest absolute Gasteiger partial charge is 0.328 e. The molecule has 3 aliphatic heterocycles. The summed E-state index contributed by atoms with van der Waals surface area (Å²) in [6.07, 6.45) is 16.9. The Labute approximate surface area is 609 Å². The zero-order valence-corrected chi connectivity index (χ0v) is 60.7. The third-order valence-electron chi connectivity index (χ3n) is 17.4. The molecule has 2 amide bonds. The summed E-state index contributed by atoms with van der Waals surface area (Å²) >= 11 is 12.4. The Balaban J connectivity index is 0.000000182. The second-order valence-corrected chi connectivity index (χ2v) is 30.8. The zero-order chi connectivity index (χ0) is 74.0. The maximum absolute atomic E-state index is 12.9. The van der Waals surface area contributed by atoms with Crippen LogP contribution in [0.3, 0.4) is 0 Å². The summed E-state index contributed by atoms with van der Waals surface area (Å²) in [7, 11) is -8.13. The van der Waals surface area contributed by atoms with E-state index < -0.39 is 77.9 Å². The van der Waals surface area contributed by atoms with E-state index in [9.17, 15) is 54.3 Å². The molecule has 103 heavy (non-hydrogen) atoms. The van der Waals surface area contributed by atoms with Gasteiger partial charge in [-0.25, -0.2) is 34.8 Å². The maximum atomic E-state index is 12.9. The molecule has 5 aromatic carbocycles. The number of carbonyl (C=O) groups is 5. The number of pyridine rings is 3. The molecular weight excluding hydrogens is 1420 g/mol. The molecule has 0 fully saturated rings. The third-order valence-corrected chi connectivity index (χ3v) is 23.6. The van der Waals surface area contributed by atoms with Crippen LogP contribution in [0, 0.1) is 13.8 Å². The molecule has 0 unspecified atom stereocenters. The number of methoxy groups -OCH3 is 2. The van der Waals surface area contributed by atoms with Gasteiger partial charge in [0.05, 0.1) is 35.4 Å². The van der Waals surface area contributed by atoms with E-state index in [0.29, 0.717) is 73.6 Å². The first-order valence-corrected chi connectivity index (χ1v) is 37.7. The summed E-state index contributed by atoms with van der Waals surface area (Å²) in [4.78, 5) is 73.6. The lowest BCUT2D eigenvalue weighted by Crippen LogP contribution is -2.43. The van der Waals surface area contributed by atoms with Crippen molar-refractivity contribution in [3.8, 4) is 0 Å². The maximum Gasteiger partial charge on any atom is 0.328 e. The molecule has 0 aliphatic carbocycles. The largest absolute Gasteiger partial charge is 0.480 e. The number of aromatic nitrogens is 3. The van der Waals surface area contributed by atoms with Crippen LogP contribution in [0.2, 0.25) is 10.0 Å². The standard InChI is InChI=1S/C28H28ClN3O5S.C27H26ClN3O5S.C20H23N3O4S/c1-19-5-3-7-24(29)26(19)27(33)31-25(28(34)37-2)17-20-8-10-21(11-9-20)22-12-15-32(16-13-22)38(35,36)23-6-4-14-30-18-23;1-18-4-2-6-23(28)25(18)26(32)30-24(27(33)34)16-19-7-9-20(10-8-19)21-11-14-31(15-12-21)37(35,36)22-5-3-13-29-17-22;1-27-20(24)19(21)13-15-4-6-16(7-5-15)17-8-11-23(12-9-17)28(25,26)18-3-2-10-22-14-18/h3-12,14,18,25H,13,15-17H2,1-2H3,(H,31,33);2-11,13,17,24H,12,14-16H2,1H3,(H,30,32)(H,33,34);2-8,10,14,19H,9,11-13,21H2,1H3/t25-;24-;19-/m000/s1. The summed E-state index contributed by atoms with van der Waals surface area (Å²) < 4.78 is 90.5. The molecule has 5 N–H and O–H groups in total. The molecule has 6 heterocycles. The number of aliphatic carboxylic acids is 1. The van der Waals surface area contributed by atoms with Crippen LogP contribution in [0.1, 0.15) is 84.5 Å². The Morgan fingerprint density at radius 2 is 0.806 bits per heavy atom. The van der Waals surface area contributed by atoms with Crippen molar-refractivity contribution in [3.05, 3.63) is 267 Å². The number of hydrogen-bond donors (Lipinski definition) is 4. The van der Waals surface area contributed by atoms with E-state index in [2.05, 4.69) is 30.3 Å². The van der Waals surface area contributed by atoms with Gasteiger partial charge in [0.1, 0.15) is 32.8 Å². The van der Waals surface area contributed by atoms with E-state index in [1.54, 1.807) is 86.8 Å². The Morgan fingerprint density at radius 3 is 1.10 bits per heavy atom. The van der Waals surface area contributed by atoms with Crippen molar-refractivity contribution in [1.82, 2.24) is 38.5 Å². The van der Waals surface area contributed by atoms with Gasteiger partial charge in [0.25, 0.3) is 11.8 Å². The van der Waals surface area contributed by atoms with E-state index in [0.717, 1.165) is 50.1 Å². The molecule has 0 saturated heterocycles. The van der Waals surface area contributed by atoms with Gasteiger partial charge in [-0.05, 0) is 149 Å². The fourth-order valence-corrected chi connectivity index (χ4v) is 16.4. The predicted octanol–water partition coefficient (Wildman–Crippen LogP) is 9.59. The Hall–Kier alpha value is -9.61. The molecule has 23 nitrogen and oxygen atoms in total. The minimum Gasteiger partial charge on any atom is -0.480 e. The lowest BCUT2D eigenvalue weighted by molar-refractivity contribution is -0.143. The molecule has 28 heteroatoms. The van der Waals surface area contributed by atoms with Gasteiger partial charge in [-0.15, -0.1) is 0 Å². The number of nitrogens with two attached hydrogens (primary N) is 1. The van der Waals surface area contributed by atoms with E-state index in [1.807, 2.05) is 91.0 Å². The number of amides is 2. The van der Waals surface area contributed by atoms with Crippen LogP contribution in [-0.4, -0.2) is 160 Å². The monoisotopic (exact) mass is 1490 g/mol. The Kier molecular flexibility index (Phi) is 26.7. The third kappa shape index (κ3) is 20.0. The molecular formula is C75H77Cl2N9O14S3. The van der Waals surface area contributed by atoms with E-state index in [4.69, 9.17) is 33.7 Å². The summed E-state index contributed by atoms with van der Waals surface area (Å²) in [6, 6.07) is 39.8. The number of nitrogens with zero attached hydrogens (tertiary/aromatic N) is 6. The predicted molar refractivity (Wildman–Crippen MR) is 392 cm³/mol. The second kappa shape index (κ2) is 35.5. The minimum atomic E-state index is -3.60. The Bertz CT molecular complexity index is 4770. The fraction of sp³-hybridized carbons (Fsp3) is 0.253. The van der Waals surface area contributed by atoms with Crippen molar-refractivity contribution in [1.29, 1.82) is 0 Å². The molecule has 3 atom stereocenters. The number of nitrogens with one attached hydrogen (secondary N) is 2. The summed E-state index contributed by atoms with van der Waals surface area (Å²) in [5.41, 5.74) is 16.3. The van der Waals surface area contributed by atoms with E-state index in [1.165, 1.54) is 64.2 Å². The van der Waals surface area contributed by atoms with Gasteiger partial charge in [0.2, 0.25) is 30.1 Å². The average molecular weight is 1500 g/mol. The Morgan fingerprint density at radius 1 is 0.476 bits per heavy atom. The van der Waals surface area contributed by atoms with Crippen LogP contribution < -0.4 is 16.4 Å². The van der Waals surface area contributed by atoms with Crippen LogP contribution in [0.15, 0.2) is 216 Å². The van der Waals surface area contributed by atoms with Crippen molar-refractivity contribution in [2.75, 3.05) is 53.5 Å². The molecule has 3 aromatic heterocycles. The molecule has 0 saturated carbocycles. The molecule has 8 aromatic rings. The van der Waals surface area contributed by atoms with Crippen molar-refractivity contribution in [2.45, 2.75) is 85.2 Å². The fourth-order valence-electron chi connectivity index (χ4n) is 11.7. The van der Waals surface area contributed by atoms with Gasteiger partial charge in [-0.2, -0.15) is 12.9 Å². The molecule has 11 rings (SSSR count). The second-order valence-electron chi connectivity index (χ2n) is 24.2. The number of carbonyl (C=O) groups excluding carboxylic acids is 4. The number of hydrogen-bond acceptors (Lipinski definition) is 17. The minimum absolute atomic E-state index is 0.0982. The van der Waals surface area contributed by atoms with E-state index >= 15 is 0 Å². The van der Waals surface area contributed by atoms with Crippen LogP contribution >= 0.6 is 23.2 Å². The van der Waals surface area contributed by atoms with Crippen LogP contribution in [0.25, 0.3) is 16.7 Å². The summed E-state index contributed by atoms with van der Waals surface area (Å²) in [6.45, 7) is 5.49. The zero-order valence-electron chi connectivity index (χ0n) is 56.8. The summed E-state index contributed by atoms with van der Waals surface area (Å²) in [5.74, 6) is -3.12. The normalized spacial score (nSPS) is 15.3. The number of halogens is 2. The average Bonchev–Trinajstić information content (AvgIpc) is 0.811. The quantitative estimate of drug-likeness (QED) is 0.0459. The number of aryl methyl sites for hydroxylation is 2. The first kappa shape index (κ1) is 77.5. The highest BCUT2D eigenvalue weighted by Crippen LogP contribution is 2.31. The number of sulfonamides is 3. The highest BCUT2D eigenvalue weighted by molar-refractivity contribution is 7.89. The SMILES string of the molecule is COC(=O)[C@@H](N)Cc1ccc(C2=CCN(S(=O)(=O)c3cccnc3)CC2)cc1.COC(=O)[C@H](Cc1ccc(C2=CCN(S(=O)(=O)c3cccnc3)CC2)cc1)NC(=O)c1c(C)cccc1Cl.Cc1cccc(Cl)c1C(=O)N[C@@H](Cc1ccc(C2=CCN(S(=O)(=O)c3cccnc3)CC2)cc1)C(=O)O. The van der Waals surface area contributed by atoms with Crippen molar-refractivity contribution in [2.24, 2.45) is 5.73 Å². The lowest BCUT2D eigenvalue weighted by atomic mass is 9.97. The van der Waals surface area contributed by atoms with Crippen LogP contribution in [0.5, 0.6) is 0 Å². The molecule has 0 bridgehead atoms. The van der Waals surface area contributed by atoms with Crippen LogP contribution in [-0.2, 0) is 73.2 Å². The van der Waals surface area contributed by atoms with Crippen molar-refractivity contribution in [3.63, 3.8) is 0 Å². The first-order chi connectivity index (χ1) is 49.3. The van der Waals surface area contributed by atoms with E-state index in [-0.39, 0.29) is 51.2 Å². The van der Waals surface area contributed by atoms with Gasteiger partial charge < -0.3 is 30.9 Å². The number of carboxylic acid groups (broad SMARTS) is 1. The highest BCUT2D eigenvalue weighted by Gasteiger charge is 2.31. The lowest BCUT2D eigenvalue weighted by Gasteiger charge is -2.26. The number of ether oxygens (including phenoxy) is 2. The number of carboxylic acids is 1. The number of esters is 2. The van der Waals surface area contributed by atoms with Gasteiger partial charge in [-0.3, -0.25) is 29.3 Å². The van der Waals surface area contributed by atoms with Gasteiger partial charge >= 0.3 is 17.9 Å². The molecule has 0 spiro atoms. The van der Waals surface area contributed by atoms with Gasteiger partial charge in [-0.1, -0.05) is 138 Å². The van der Waals surface area contributed by atoms with Crippen LogP contribution in [0.4, 0.5) is 0 Å². The topological polar surface area (TPSA) is 325 Å².